The molecule has 0 saturated carbocycles. The number of aryl methyl sites for hydroxylation is 2. The molecule has 1 amide bonds. The van der Waals surface area contributed by atoms with Crippen LogP contribution >= 0.6 is 0 Å². The Balaban J connectivity index is 1.72. The summed E-state index contributed by atoms with van der Waals surface area (Å²) in [4.78, 5) is 12.7. The molecule has 10 nitrogen and oxygen atoms in total. The van der Waals surface area contributed by atoms with Crippen LogP contribution in [-0.4, -0.2) is 41.5 Å². The van der Waals surface area contributed by atoms with Crippen LogP contribution in [0.5, 0.6) is 5.88 Å². The van der Waals surface area contributed by atoms with Gasteiger partial charge in [0.15, 0.2) is 0 Å². The highest BCUT2D eigenvalue weighted by Crippen LogP contribution is 2.39. The van der Waals surface area contributed by atoms with E-state index in [0.717, 1.165) is 27.9 Å². The van der Waals surface area contributed by atoms with E-state index < -0.39 is 17.6 Å². The summed E-state index contributed by atoms with van der Waals surface area (Å²) in [5.74, 6) is -1.04. The number of fused-ring (bicyclic) bond motifs is 1. The zero-order valence-electron chi connectivity index (χ0n) is 21.3. The number of hydrazone groups is 1. The predicted molar refractivity (Wildman–Crippen MR) is 142 cm³/mol. The number of rotatable bonds is 6. The van der Waals surface area contributed by atoms with Crippen molar-refractivity contribution in [1.29, 1.82) is 0 Å². The fraction of sp³-hybridized carbons (Fsp3) is 0.148. The number of benzene rings is 3. The van der Waals surface area contributed by atoms with Crippen molar-refractivity contribution in [1.82, 2.24) is 30.2 Å². The highest BCUT2D eigenvalue weighted by Gasteiger charge is 2.32. The van der Waals surface area contributed by atoms with Crippen LogP contribution in [0.1, 0.15) is 27.8 Å². The Morgan fingerprint density at radius 1 is 1.05 bits per heavy atom. The van der Waals surface area contributed by atoms with Crippen LogP contribution in [0.2, 0.25) is 0 Å². The number of hydrogen-bond acceptors (Lipinski definition) is 7. The molecule has 204 valence electrons. The second kappa shape index (κ2) is 10.2. The average Bonchev–Trinajstić information content (AvgIpc) is 3.43. The average molecular weight is 549 g/mol. The van der Waals surface area contributed by atoms with Crippen LogP contribution in [0.4, 0.5) is 19.1 Å². The zero-order valence-corrected chi connectivity index (χ0v) is 21.3. The minimum absolute atomic E-state index is 0.0722. The number of halogens is 3. The van der Waals surface area contributed by atoms with Crippen LogP contribution in [0, 0.1) is 13.8 Å². The lowest BCUT2D eigenvalue weighted by atomic mass is 10.0. The van der Waals surface area contributed by atoms with E-state index in [2.05, 4.69) is 26.1 Å². The number of amides is 1. The Bertz CT molecular complexity index is 1740. The van der Waals surface area contributed by atoms with Crippen LogP contribution in [0.15, 0.2) is 71.8 Å². The highest BCUT2D eigenvalue weighted by atomic mass is 19.4. The third kappa shape index (κ3) is 5.08. The van der Waals surface area contributed by atoms with Gasteiger partial charge >= 0.3 is 6.18 Å². The lowest BCUT2D eigenvalue weighted by Gasteiger charge is -2.12. The Kier molecular flexibility index (Phi) is 6.71. The van der Waals surface area contributed by atoms with E-state index in [4.69, 9.17) is 5.73 Å². The van der Waals surface area contributed by atoms with Crippen molar-refractivity contribution in [2.75, 3.05) is 5.73 Å². The molecular weight excluding hydrogens is 525 g/mol. The van der Waals surface area contributed by atoms with Gasteiger partial charge in [0.25, 0.3) is 5.91 Å². The van der Waals surface area contributed by atoms with Gasteiger partial charge in [-0.2, -0.15) is 18.3 Å². The monoisotopic (exact) mass is 548 g/mol. The lowest BCUT2D eigenvalue weighted by molar-refractivity contribution is -0.137. The van der Waals surface area contributed by atoms with Gasteiger partial charge in [0.2, 0.25) is 11.8 Å². The molecule has 0 aliphatic heterocycles. The molecule has 5 rings (SSSR count). The minimum atomic E-state index is -4.61. The van der Waals surface area contributed by atoms with Gasteiger partial charge in [0, 0.05) is 16.6 Å². The molecule has 0 saturated heterocycles. The first-order valence-electron chi connectivity index (χ1n) is 12.0. The van der Waals surface area contributed by atoms with Crippen molar-refractivity contribution in [3.05, 3.63) is 94.5 Å². The van der Waals surface area contributed by atoms with E-state index in [1.807, 2.05) is 19.9 Å². The third-order valence-corrected chi connectivity index (χ3v) is 6.16. The van der Waals surface area contributed by atoms with Gasteiger partial charge in [0.1, 0.15) is 12.3 Å². The van der Waals surface area contributed by atoms with Crippen molar-refractivity contribution in [2.24, 2.45) is 5.10 Å². The van der Waals surface area contributed by atoms with Crippen molar-refractivity contribution < 1.29 is 23.1 Å². The topological polar surface area (TPSA) is 136 Å². The molecule has 0 fully saturated rings. The first-order chi connectivity index (χ1) is 19.0. The van der Waals surface area contributed by atoms with Crippen LogP contribution in [-0.2, 0) is 17.5 Å². The first-order valence-corrected chi connectivity index (χ1v) is 12.0. The number of nitrogens with zero attached hydrogens (tertiary/aromatic N) is 6. The summed E-state index contributed by atoms with van der Waals surface area (Å²) in [6.45, 7) is 3.37. The Labute approximate surface area is 225 Å². The van der Waals surface area contributed by atoms with Gasteiger partial charge in [-0.05, 0) is 59.7 Å². The molecule has 40 heavy (non-hydrogen) atoms. The van der Waals surface area contributed by atoms with Crippen LogP contribution in [0.3, 0.4) is 0 Å². The number of nitrogen functional groups attached to an aromatic ring is 1. The normalized spacial score (nSPS) is 12.2. The molecule has 2 aromatic heterocycles. The summed E-state index contributed by atoms with van der Waals surface area (Å²) < 4.78 is 43.6. The number of hydrogen-bond donors (Lipinski definition) is 3. The number of nitrogens with two attached hydrogens (primary N) is 1. The largest absolute Gasteiger partial charge is 0.494 e. The van der Waals surface area contributed by atoms with E-state index in [1.54, 1.807) is 42.5 Å². The molecule has 3 aromatic carbocycles. The molecule has 0 spiro atoms. The van der Waals surface area contributed by atoms with Crippen molar-refractivity contribution >= 4 is 28.5 Å². The maximum Gasteiger partial charge on any atom is 0.416 e. The number of carbonyl (C=O) groups excluding carboxylic acids is 1. The summed E-state index contributed by atoms with van der Waals surface area (Å²) in [6.07, 6.45) is -4.61. The molecule has 0 aliphatic carbocycles. The SMILES string of the molecule is Cc1cc(C)cc(-n2c(O)c(/C(=N/NC(=O)Cn3nnnc3N)c3ccccc3)c3ccc(C(F)(F)F)cc32)c1. The smallest absolute Gasteiger partial charge is 0.416 e. The van der Waals surface area contributed by atoms with Crippen LogP contribution in [0.25, 0.3) is 16.6 Å². The fourth-order valence-electron chi connectivity index (χ4n) is 4.50. The van der Waals surface area contributed by atoms with Gasteiger partial charge in [0.05, 0.1) is 16.6 Å². The molecule has 0 atom stereocenters. The number of tetrazole rings is 1. The molecular formula is C27H23F3N8O2. The molecule has 0 bridgehead atoms. The van der Waals surface area contributed by atoms with Gasteiger partial charge in [-0.1, -0.05) is 47.6 Å². The van der Waals surface area contributed by atoms with Crippen molar-refractivity contribution in [3.63, 3.8) is 0 Å². The zero-order chi connectivity index (χ0) is 28.6. The minimum Gasteiger partial charge on any atom is -0.494 e. The third-order valence-electron chi connectivity index (χ3n) is 6.16. The number of aromatic hydroxyl groups is 1. The van der Waals surface area contributed by atoms with Gasteiger partial charge < -0.3 is 10.8 Å². The molecule has 5 aromatic rings. The number of aromatic nitrogens is 5. The number of anilines is 1. The highest BCUT2D eigenvalue weighted by molar-refractivity contribution is 6.21. The van der Waals surface area contributed by atoms with Crippen molar-refractivity contribution in [2.45, 2.75) is 26.6 Å². The van der Waals surface area contributed by atoms with E-state index >= 15 is 0 Å². The Hall–Kier alpha value is -5.20. The fourth-order valence-corrected chi connectivity index (χ4v) is 4.50. The summed E-state index contributed by atoms with van der Waals surface area (Å²) in [5.41, 5.74) is 10.2. The predicted octanol–water partition coefficient (Wildman–Crippen LogP) is 4.11. The van der Waals surface area contributed by atoms with Gasteiger partial charge in [-0.15, -0.1) is 0 Å². The Morgan fingerprint density at radius 3 is 2.38 bits per heavy atom. The number of carbonyl (C=O) groups is 1. The summed E-state index contributed by atoms with van der Waals surface area (Å²) >= 11 is 0. The second-order valence-electron chi connectivity index (χ2n) is 9.17. The van der Waals surface area contributed by atoms with E-state index in [-0.39, 0.29) is 35.2 Å². The van der Waals surface area contributed by atoms with E-state index in [9.17, 15) is 23.1 Å². The Morgan fingerprint density at radius 2 is 1.75 bits per heavy atom. The number of alkyl halides is 3. The molecule has 0 radical (unpaired) electrons. The van der Waals surface area contributed by atoms with E-state index in [1.165, 1.54) is 10.6 Å². The first kappa shape index (κ1) is 26.4. The van der Waals surface area contributed by atoms with Gasteiger partial charge in [-0.3, -0.25) is 9.36 Å². The molecule has 0 unspecified atom stereocenters. The maximum atomic E-state index is 13.7. The van der Waals surface area contributed by atoms with Crippen molar-refractivity contribution in [3.8, 4) is 11.6 Å². The molecule has 13 heteroatoms. The summed E-state index contributed by atoms with van der Waals surface area (Å²) in [5, 5.41) is 26.7. The van der Waals surface area contributed by atoms with E-state index in [0.29, 0.717) is 16.6 Å². The molecule has 4 N–H and O–H groups in total. The summed E-state index contributed by atoms with van der Waals surface area (Å²) in [6, 6.07) is 17.3. The number of nitrogens with one attached hydrogen (secondary N) is 1. The van der Waals surface area contributed by atoms with Gasteiger partial charge in [-0.25, -0.2) is 10.1 Å². The van der Waals surface area contributed by atoms with Crippen LogP contribution < -0.4 is 11.2 Å². The summed E-state index contributed by atoms with van der Waals surface area (Å²) in [7, 11) is 0. The maximum absolute atomic E-state index is 13.7. The lowest BCUT2D eigenvalue weighted by Crippen LogP contribution is -2.26. The standard InChI is InChI=1S/C27H23F3N8O2/c1-15-10-16(2)12-19(11-15)38-21-13-18(27(28,29)30)8-9-20(21)23(25(38)40)24(17-6-4-3-5-7-17)33-32-22(39)14-37-26(31)34-35-36-37/h3-13,40H,14H2,1-2H3,(H,32,39)(H2,31,34,36)/b33-24+. The molecule has 2 heterocycles. The quantitative estimate of drug-likeness (QED) is 0.216. The second-order valence-corrected chi connectivity index (χ2v) is 9.17. The molecule has 0 aliphatic rings.